The average molecular weight is 276 g/mol. The van der Waals surface area contributed by atoms with Gasteiger partial charge in [0.1, 0.15) is 17.3 Å². The number of nitrogens with one attached hydrogen (secondary N) is 1. The molecule has 0 amide bonds. The molecule has 104 valence electrons. The summed E-state index contributed by atoms with van der Waals surface area (Å²) in [6, 6.07) is 8.98. The molecule has 0 saturated heterocycles. The second-order valence-corrected chi connectivity index (χ2v) is 4.17. The van der Waals surface area contributed by atoms with Crippen molar-refractivity contribution < 1.29 is 14.1 Å². The Morgan fingerprint density at radius 3 is 2.65 bits per heavy atom. The van der Waals surface area contributed by atoms with Crippen molar-refractivity contribution >= 4 is 11.4 Å². The number of halogens is 1. The highest BCUT2D eigenvalue weighted by Crippen LogP contribution is 2.37. The Morgan fingerprint density at radius 2 is 2.05 bits per heavy atom. The number of hydrogen-bond donors (Lipinski definition) is 1. The Hall–Kier alpha value is -2.63. The smallest absolute Gasteiger partial charge is 0.334 e. The molecule has 2 aromatic rings. The van der Waals surface area contributed by atoms with Gasteiger partial charge >= 0.3 is 5.69 Å². The van der Waals surface area contributed by atoms with E-state index in [4.69, 9.17) is 4.74 Å². The molecule has 1 N–H and O–H groups in total. The number of nitro benzene ring substituents is 1. The number of anilines is 1. The first-order valence-corrected chi connectivity index (χ1v) is 5.92. The van der Waals surface area contributed by atoms with E-state index in [1.54, 1.807) is 38.2 Å². The van der Waals surface area contributed by atoms with E-state index in [-0.39, 0.29) is 17.2 Å². The molecular weight excluding hydrogens is 263 g/mol. The summed E-state index contributed by atoms with van der Waals surface area (Å²) in [6.07, 6.45) is 0. The summed E-state index contributed by atoms with van der Waals surface area (Å²) in [5.74, 6) is -0.149. The van der Waals surface area contributed by atoms with Crippen molar-refractivity contribution in [1.82, 2.24) is 0 Å². The van der Waals surface area contributed by atoms with Crippen LogP contribution in [0.3, 0.4) is 0 Å². The number of para-hydroxylation sites is 1. The van der Waals surface area contributed by atoms with Gasteiger partial charge in [0.25, 0.3) is 0 Å². The lowest BCUT2D eigenvalue weighted by Gasteiger charge is -2.09. The summed E-state index contributed by atoms with van der Waals surface area (Å²) >= 11 is 0. The van der Waals surface area contributed by atoms with Gasteiger partial charge in [-0.3, -0.25) is 10.1 Å². The van der Waals surface area contributed by atoms with E-state index in [2.05, 4.69) is 5.32 Å². The molecule has 0 aromatic heterocycles. The van der Waals surface area contributed by atoms with Crippen LogP contribution < -0.4 is 10.1 Å². The maximum Gasteiger partial charge on any atom is 0.334 e. The fourth-order valence-corrected chi connectivity index (χ4v) is 1.76. The number of ether oxygens (including phenoxy) is 1. The van der Waals surface area contributed by atoms with E-state index >= 15 is 0 Å². The molecule has 0 saturated carbocycles. The van der Waals surface area contributed by atoms with E-state index < -0.39 is 10.7 Å². The minimum Gasteiger partial charge on any atom is -0.450 e. The topological polar surface area (TPSA) is 64.4 Å². The van der Waals surface area contributed by atoms with Crippen LogP contribution in [0, 0.1) is 22.9 Å². The summed E-state index contributed by atoms with van der Waals surface area (Å²) in [6.45, 7) is 1.63. The van der Waals surface area contributed by atoms with Gasteiger partial charge in [0, 0.05) is 13.1 Å². The van der Waals surface area contributed by atoms with Crippen LogP contribution in [0.2, 0.25) is 0 Å². The van der Waals surface area contributed by atoms with Crippen LogP contribution in [0.15, 0.2) is 36.4 Å². The first kappa shape index (κ1) is 13.8. The van der Waals surface area contributed by atoms with Crippen LogP contribution in [-0.2, 0) is 0 Å². The molecule has 0 aliphatic carbocycles. The van der Waals surface area contributed by atoms with Crippen molar-refractivity contribution in [2.24, 2.45) is 0 Å². The zero-order valence-corrected chi connectivity index (χ0v) is 11.0. The van der Waals surface area contributed by atoms with Gasteiger partial charge in [0.15, 0.2) is 0 Å². The molecule has 0 atom stereocenters. The van der Waals surface area contributed by atoms with Crippen LogP contribution >= 0.6 is 0 Å². The first-order chi connectivity index (χ1) is 9.52. The quantitative estimate of drug-likeness (QED) is 0.680. The van der Waals surface area contributed by atoms with Gasteiger partial charge in [-0.2, -0.15) is 0 Å². The Labute approximate surface area is 115 Å². The highest BCUT2D eigenvalue weighted by molar-refractivity contribution is 5.68. The number of rotatable bonds is 4. The van der Waals surface area contributed by atoms with Gasteiger partial charge in [0.2, 0.25) is 5.75 Å². The summed E-state index contributed by atoms with van der Waals surface area (Å²) in [5, 5.41) is 13.9. The highest BCUT2D eigenvalue weighted by atomic mass is 19.1. The van der Waals surface area contributed by atoms with Crippen molar-refractivity contribution in [1.29, 1.82) is 0 Å². The third-order valence-corrected chi connectivity index (χ3v) is 2.82. The normalized spacial score (nSPS) is 10.2. The largest absolute Gasteiger partial charge is 0.450 e. The van der Waals surface area contributed by atoms with Crippen LogP contribution in [0.1, 0.15) is 5.56 Å². The number of aryl methyl sites for hydroxylation is 1. The highest BCUT2D eigenvalue weighted by Gasteiger charge is 2.20. The Kier molecular flexibility index (Phi) is 3.84. The molecule has 0 spiro atoms. The standard InChI is InChI=1S/C14H13FN2O3/c1-9-6-7-10(8-11(9)15)20-13-5-3-4-12(16-2)14(13)17(18)19/h3-8,16H,1-2H3. The van der Waals surface area contributed by atoms with E-state index in [1.165, 1.54) is 12.1 Å². The summed E-state index contributed by atoms with van der Waals surface area (Å²) < 4.78 is 18.9. The number of nitro groups is 1. The summed E-state index contributed by atoms with van der Waals surface area (Å²) in [7, 11) is 1.58. The third kappa shape index (κ3) is 2.69. The average Bonchev–Trinajstić information content (AvgIpc) is 2.42. The Bertz CT molecular complexity index is 659. The van der Waals surface area contributed by atoms with Crippen LogP contribution in [0.5, 0.6) is 11.5 Å². The molecular formula is C14H13FN2O3. The molecule has 0 aliphatic heterocycles. The van der Waals surface area contributed by atoms with Crippen molar-refractivity contribution in [3.8, 4) is 11.5 Å². The van der Waals surface area contributed by atoms with Gasteiger partial charge in [-0.1, -0.05) is 12.1 Å². The van der Waals surface area contributed by atoms with Crippen molar-refractivity contribution in [2.45, 2.75) is 6.92 Å². The van der Waals surface area contributed by atoms with Crippen LogP contribution in [0.25, 0.3) is 0 Å². The maximum absolute atomic E-state index is 13.5. The molecule has 5 nitrogen and oxygen atoms in total. The first-order valence-electron chi connectivity index (χ1n) is 5.92. The zero-order chi connectivity index (χ0) is 14.7. The Morgan fingerprint density at radius 1 is 1.30 bits per heavy atom. The summed E-state index contributed by atoms with van der Waals surface area (Å²) in [4.78, 5) is 10.6. The van der Waals surface area contributed by atoms with Gasteiger partial charge in [-0.15, -0.1) is 0 Å². The predicted octanol–water partition coefficient (Wildman–Crippen LogP) is 3.88. The van der Waals surface area contributed by atoms with Gasteiger partial charge < -0.3 is 10.1 Å². The second kappa shape index (κ2) is 5.56. The molecule has 6 heteroatoms. The van der Waals surface area contributed by atoms with Gasteiger partial charge in [-0.25, -0.2) is 4.39 Å². The van der Waals surface area contributed by atoms with Crippen LogP contribution in [-0.4, -0.2) is 12.0 Å². The Balaban J connectivity index is 2.42. The van der Waals surface area contributed by atoms with Crippen molar-refractivity contribution in [3.05, 3.63) is 57.9 Å². The van der Waals surface area contributed by atoms with Crippen molar-refractivity contribution in [3.63, 3.8) is 0 Å². The maximum atomic E-state index is 13.5. The monoisotopic (exact) mass is 276 g/mol. The third-order valence-electron chi connectivity index (χ3n) is 2.82. The molecule has 0 radical (unpaired) electrons. The zero-order valence-electron chi connectivity index (χ0n) is 11.0. The molecule has 2 rings (SSSR count). The molecule has 20 heavy (non-hydrogen) atoms. The minimum atomic E-state index is -0.536. The number of benzene rings is 2. The van der Waals surface area contributed by atoms with E-state index in [0.29, 0.717) is 11.3 Å². The van der Waals surface area contributed by atoms with Gasteiger partial charge in [-0.05, 0) is 30.7 Å². The molecule has 2 aromatic carbocycles. The minimum absolute atomic E-state index is 0.0603. The van der Waals surface area contributed by atoms with Gasteiger partial charge in [0.05, 0.1) is 4.92 Å². The lowest BCUT2D eigenvalue weighted by atomic mass is 10.2. The fraction of sp³-hybridized carbons (Fsp3) is 0.143. The molecule has 0 unspecified atom stereocenters. The fourth-order valence-electron chi connectivity index (χ4n) is 1.76. The SMILES string of the molecule is CNc1cccc(Oc2ccc(C)c(F)c2)c1[N+](=O)[O-]. The lowest BCUT2D eigenvalue weighted by molar-refractivity contribution is -0.384. The van der Waals surface area contributed by atoms with E-state index in [1.807, 2.05) is 0 Å². The number of nitrogens with zero attached hydrogens (tertiary/aromatic N) is 1. The van der Waals surface area contributed by atoms with E-state index in [0.717, 1.165) is 0 Å². The lowest BCUT2D eigenvalue weighted by Crippen LogP contribution is -1.99. The van der Waals surface area contributed by atoms with Crippen LogP contribution in [0.4, 0.5) is 15.8 Å². The second-order valence-electron chi connectivity index (χ2n) is 4.17. The van der Waals surface area contributed by atoms with E-state index in [9.17, 15) is 14.5 Å². The molecule has 0 bridgehead atoms. The predicted molar refractivity (Wildman–Crippen MR) is 73.9 cm³/mol. The van der Waals surface area contributed by atoms with Crippen molar-refractivity contribution in [2.75, 3.05) is 12.4 Å². The molecule has 0 fully saturated rings. The number of hydrogen-bond acceptors (Lipinski definition) is 4. The molecule has 0 heterocycles. The molecule has 0 aliphatic rings. The summed E-state index contributed by atoms with van der Waals surface area (Å²) in [5.41, 5.74) is 0.631.